The van der Waals surface area contributed by atoms with Crippen LogP contribution in [0.25, 0.3) is 0 Å². The number of aromatic hydroxyl groups is 1. The summed E-state index contributed by atoms with van der Waals surface area (Å²) in [5.41, 5.74) is 6.10. The van der Waals surface area contributed by atoms with Gasteiger partial charge in [-0.25, -0.2) is 4.79 Å². The topological polar surface area (TPSA) is 208 Å². The van der Waals surface area contributed by atoms with Gasteiger partial charge in [0.15, 0.2) is 0 Å². The number of carbonyl (C=O) groups is 5. The maximum Gasteiger partial charge on any atom is 0.326 e. The average molecular weight is 499 g/mol. The Kier molecular flexibility index (Phi) is 11.3. The van der Waals surface area contributed by atoms with Crippen LogP contribution in [0.4, 0.5) is 0 Å². The van der Waals surface area contributed by atoms with Gasteiger partial charge in [0.25, 0.3) is 0 Å². The monoisotopic (exact) mass is 498 g/mol. The number of rotatable bonds is 13. The van der Waals surface area contributed by atoms with Crippen molar-refractivity contribution in [2.75, 3.05) is 5.75 Å². The van der Waals surface area contributed by atoms with E-state index in [0.717, 1.165) is 0 Å². The molecule has 4 atom stereocenters. The zero-order valence-electron chi connectivity index (χ0n) is 18.7. The predicted octanol–water partition coefficient (Wildman–Crippen LogP) is -1.14. The largest absolute Gasteiger partial charge is 0.508 e. The van der Waals surface area contributed by atoms with Crippen LogP contribution < -0.4 is 21.7 Å². The van der Waals surface area contributed by atoms with Crippen molar-refractivity contribution in [3.8, 4) is 5.75 Å². The number of hydrogen-bond donors (Lipinski definition) is 8. The molecule has 0 aliphatic heterocycles. The lowest BCUT2D eigenvalue weighted by atomic mass is 10.0. The van der Waals surface area contributed by atoms with Crippen LogP contribution in [0.15, 0.2) is 24.3 Å². The van der Waals surface area contributed by atoms with Crippen molar-refractivity contribution in [3.05, 3.63) is 29.8 Å². The van der Waals surface area contributed by atoms with Crippen LogP contribution in [0.1, 0.15) is 25.8 Å². The Bertz CT molecular complexity index is 893. The Hall–Kier alpha value is -3.32. The minimum Gasteiger partial charge on any atom is -0.508 e. The van der Waals surface area contributed by atoms with Gasteiger partial charge in [0.05, 0.1) is 12.5 Å². The molecule has 12 nitrogen and oxygen atoms in total. The third-order valence-electron chi connectivity index (χ3n) is 4.78. The Morgan fingerprint density at radius 2 is 1.47 bits per heavy atom. The van der Waals surface area contributed by atoms with Crippen LogP contribution >= 0.6 is 12.6 Å². The minimum atomic E-state index is -1.61. The van der Waals surface area contributed by atoms with Crippen molar-refractivity contribution >= 4 is 42.3 Å². The molecule has 34 heavy (non-hydrogen) atoms. The Labute approximate surface area is 201 Å². The van der Waals surface area contributed by atoms with E-state index in [1.165, 1.54) is 24.3 Å². The van der Waals surface area contributed by atoms with Crippen LogP contribution in [0.3, 0.4) is 0 Å². The van der Waals surface area contributed by atoms with Gasteiger partial charge in [-0.15, -0.1) is 0 Å². The van der Waals surface area contributed by atoms with Crippen LogP contribution in [-0.4, -0.2) is 74.9 Å². The van der Waals surface area contributed by atoms with Gasteiger partial charge in [0.2, 0.25) is 17.7 Å². The quantitative estimate of drug-likeness (QED) is 0.154. The number of phenols is 1. The summed E-state index contributed by atoms with van der Waals surface area (Å²) in [7, 11) is 0. The van der Waals surface area contributed by atoms with E-state index in [9.17, 15) is 39.3 Å². The van der Waals surface area contributed by atoms with E-state index in [2.05, 4.69) is 28.6 Å². The first-order chi connectivity index (χ1) is 15.8. The number of thiol groups is 1. The van der Waals surface area contributed by atoms with Crippen molar-refractivity contribution in [2.24, 2.45) is 11.7 Å². The van der Waals surface area contributed by atoms with Crippen LogP contribution in [0.2, 0.25) is 0 Å². The van der Waals surface area contributed by atoms with Crippen LogP contribution in [-0.2, 0) is 30.4 Å². The molecule has 0 radical (unpaired) electrons. The van der Waals surface area contributed by atoms with Gasteiger partial charge < -0.3 is 37.0 Å². The molecule has 1 aromatic rings. The highest BCUT2D eigenvalue weighted by Crippen LogP contribution is 2.12. The number of aliphatic carboxylic acids is 2. The van der Waals surface area contributed by atoms with Crippen molar-refractivity contribution in [1.29, 1.82) is 0 Å². The molecule has 1 rings (SSSR count). The first kappa shape index (κ1) is 28.7. The van der Waals surface area contributed by atoms with E-state index >= 15 is 0 Å². The van der Waals surface area contributed by atoms with E-state index in [-0.39, 0.29) is 17.9 Å². The van der Waals surface area contributed by atoms with E-state index in [1.807, 2.05) is 0 Å². The third-order valence-corrected chi connectivity index (χ3v) is 5.18. The molecule has 0 aliphatic rings. The lowest BCUT2D eigenvalue weighted by Gasteiger charge is -2.26. The number of amides is 3. The van der Waals surface area contributed by atoms with Crippen molar-refractivity contribution in [3.63, 3.8) is 0 Å². The van der Waals surface area contributed by atoms with Gasteiger partial charge >= 0.3 is 11.9 Å². The Balaban J connectivity index is 2.99. The summed E-state index contributed by atoms with van der Waals surface area (Å²) in [6.07, 6.45) is -0.973. The molecule has 3 amide bonds. The highest BCUT2D eigenvalue weighted by Gasteiger charge is 2.32. The Morgan fingerprint density at radius 3 is 1.94 bits per heavy atom. The van der Waals surface area contributed by atoms with Crippen LogP contribution in [0.5, 0.6) is 5.75 Å². The molecule has 0 saturated heterocycles. The first-order valence-electron chi connectivity index (χ1n) is 10.4. The molecular formula is C21H30N4O8S. The second-order valence-electron chi connectivity index (χ2n) is 7.95. The number of carboxylic acid groups (broad SMARTS) is 2. The summed E-state index contributed by atoms with van der Waals surface area (Å²) >= 11 is 3.92. The van der Waals surface area contributed by atoms with Crippen molar-refractivity contribution < 1.29 is 39.3 Å². The fourth-order valence-electron chi connectivity index (χ4n) is 2.86. The Morgan fingerprint density at radius 1 is 0.912 bits per heavy atom. The number of carbonyl (C=O) groups excluding carboxylic acids is 3. The minimum absolute atomic E-state index is 0.0222. The number of carboxylic acids is 2. The second-order valence-corrected chi connectivity index (χ2v) is 8.31. The summed E-state index contributed by atoms with van der Waals surface area (Å²) in [6.45, 7) is 3.25. The summed E-state index contributed by atoms with van der Waals surface area (Å²) in [5.74, 6) is -5.73. The summed E-state index contributed by atoms with van der Waals surface area (Å²) < 4.78 is 0. The number of nitrogens with one attached hydrogen (secondary N) is 3. The number of hydrogen-bond acceptors (Lipinski definition) is 8. The SMILES string of the molecule is CC(C)C(NC(=O)C(N)CS)C(=O)NC(CC(=O)O)C(=O)NC(Cc1ccc(O)cc1)C(=O)O. The zero-order chi connectivity index (χ0) is 26.0. The van der Waals surface area contributed by atoms with Crippen molar-refractivity contribution in [2.45, 2.75) is 50.9 Å². The van der Waals surface area contributed by atoms with Gasteiger partial charge in [-0.3, -0.25) is 19.2 Å². The summed E-state index contributed by atoms with van der Waals surface area (Å²) in [6, 6.07) is 0.496. The fourth-order valence-corrected chi connectivity index (χ4v) is 3.03. The zero-order valence-corrected chi connectivity index (χ0v) is 19.6. The molecular weight excluding hydrogens is 468 g/mol. The smallest absolute Gasteiger partial charge is 0.326 e. The maximum atomic E-state index is 12.8. The molecule has 0 saturated carbocycles. The molecule has 1 aromatic carbocycles. The summed E-state index contributed by atoms with van der Waals surface area (Å²) in [4.78, 5) is 60.5. The predicted molar refractivity (Wildman–Crippen MR) is 124 cm³/mol. The van der Waals surface area contributed by atoms with Crippen molar-refractivity contribution in [1.82, 2.24) is 16.0 Å². The van der Waals surface area contributed by atoms with E-state index in [4.69, 9.17) is 5.73 Å². The van der Waals surface area contributed by atoms with Crippen LogP contribution in [0, 0.1) is 5.92 Å². The molecule has 0 fully saturated rings. The molecule has 188 valence electrons. The number of nitrogens with two attached hydrogens (primary N) is 1. The molecule has 0 spiro atoms. The highest BCUT2D eigenvalue weighted by molar-refractivity contribution is 7.80. The lowest BCUT2D eigenvalue weighted by molar-refractivity contribution is -0.143. The molecule has 0 aliphatic carbocycles. The normalized spacial score (nSPS) is 14.4. The highest BCUT2D eigenvalue weighted by atomic mass is 32.1. The number of phenolic OH excluding ortho intramolecular Hbond substituents is 1. The molecule has 0 aromatic heterocycles. The van der Waals surface area contributed by atoms with Gasteiger partial charge in [-0.05, 0) is 23.6 Å². The molecule has 4 unspecified atom stereocenters. The molecule has 0 heterocycles. The van der Waals surface area contributed by atoms with Gasteiger partial charge in [0, 0.05) is 12.2 Å². The van der Waals surface area contributed by atoms with E-state index < -0.39 is 66.2 Å². The van der Waals surface area contributed by atoms with E-state index in [0.29, 0.717) is 5.56 Å². The van der Waals surface area contributed by atoms with Gasteiger partial charge in [-0.2, -0.15) is 12.6 Å². The summed E-state index contributed by atoms with van der Waals surface area (Å²) in [5, 5.41) is 35.0. The fraction of sp³-hybridized carbons (Fsp3) is 0.476. The molecule has 13 heteroatoms. The molecule has 0 bridgehead atoms. The van der Waals surface area contributed by atoms with Gasteiger partial charge in [0.1, 0.15) is 23.9 Å². The maximum absolute atomic E-state index is 12.8. The average Bonchev–Trinajstić information content (AvgIpc) is 2.76. The number of benzene rings is 1. The van der Waals surface area contributed by atoms with E-state index in [1.54, 1.807) is 13.8 Å². The second kappa shape index (κ2) is 13.4. The molecule has 8 N–H and O–H groups in total. The first-order valence-corrected chi connectivity index (χ1v) is 11.0. The van der Waals surface area contributed by atoms with Gasteiger partial charge in [-0.1, -0.05) is 26.0 Å². The third kappa shape index (κ3) is 9.27. The standard InChI is InChI=1S/C21H30N4O8S/c1-10(2)17(25-18(29)13(22)9-34)20(31)23-14(8-16(27)28)19(30)24-15(21(32)33)7-11-3-5-12(26)6-4-11/h3-6,10,13-15,17,26,34H,7-9,22H2,1-2H3,(H,23,31)(H,24,30)(H,25,29)(H,27,28)(H,32,33). The lowest BCUT2D eigenvalue weighted by Crippen LogP contribution is -2.59.